The number of ether oxygens (including phenoxy) is 2. The first kappa shape index (κ1) is 22.6. The maximum absolute atomic E-state index is 13.3. The Morgan fingerprint density at radius 1 is 0.935 bits per heavy atom. The van der Waals surface area contributed by atoms with Gasteiger partial charge in [-0.1, -0.05) is 36.4 Å². The molecular formula is C23H20BrNO5S. The molecule has 0 saturated carbocycles. The standard InChI is InChI=1S/C23H20BrNO5S/c1-29-21-16-17(15-20(24)23(21)30-2)13-14-22(26)25(18-9-5-3-6-10-18)31(27,28)19-11-7-4-8-12-19/h3-16H,1-2H3/b14-13+. The Morgan fingerprint density at radius 3 is 2.13 bits per heavy atom. The number of sulfonamides is 1. The molecular weight excluding hydrogens is 482 g/mol. The van der Waals surface area contributed by atoms with Crippen LogP contribution in [0.5, 0.6) is 11.5 Å². The van der Waals surface area contributed by atoms with Crippen molar-refractivity contribution in [3.8, 4) is 11.5 Å². The minimum absolute atomic E-state index is 0.0227. The van der Waals surface area contributed by atoms with Gasteiger partial charge in [-0.2, -0.15) is 4.31 Å². The number of halogens is 1. The van der Waals surface area contributed by atoms with Crippen molar-refractivity contribution in [2.75, 3.05) is 18.5 Å². The normalized spacial score (nSPS) is 11.3. The van der Waals surface area contributed by atoms with E-state index in [0.29, 0.717) is 21.5 Å². The zero-order chi connectivity index (χ0) is 22.4. The summed E-state index contributed by atoms with van der Waals surface area (Å²) in [4.78, 5) is 13.1. The molecule has 0 N–H and O–H groups in total. The predicted molar refractivity (Wildman–Crippen MR) is 124 cm³/mol. The number of para-hydroxylation sites is 1. The molecule has 1 amide bonds. The van der Waals surface area contributed by atoms with Gasteiger partial charge in [-0.3, -0.25) is 4.79 Å². The summed E-state index contributed by atoms with van der Waals surface area (Å²) >= 11 is 3.40. The first-order valence-corrected chi connectivity index (χ1v) is 11.4. The van der Waals surface area contributed by atoms with Crippen LogP contribution in [-0.4, -0.2) is 28.5 Å². The van der Waals surface area contributed by atoms with Gasteiger partial charge in [0.25, 0.3) is 15.9 Å². The molecule has 3 aromatic carbocycles. The average molecular weight is 502 g/mol. The first-order chi connectivity index (χ1) is 14.9. The lowest BCUT2D eigenvalue weighted by Crippen LogP contribution is -2.35. The fourth-order valence-corrected chi connectivity index (χ4v) is 4.95. The zero-order valence-electron chi connectivity index (χ0n) is 16.9. The average Bonchev–Trinajstić information content (AvgIpc) is 2.78. The number of methoxy groups -OCH3 is 2. The molecule has 0 atom stereocenters. The van der Waals surface area contributed by atoms with Crippen LogP contribution in [0.4, 0.5) is 5.69 Å². The van der Waals surface area contributed by atoms with Crippen molar-refractivity contribution >= 4 is 43.6 Å². The third-order valence-electron chi connectivity index (χ3n) is 4.35. The summed E-state index contributed by atoms with van der Waals surface area (Å²) in [5.41, 5.74) is 0.873. The molecule has 0 bridgehead atoms. The van der Waals surface area contributed by atoms with Crippen LogP contribution in [0.1, 0.15) is 5.56 Å². The highest BCUT2D eigenvalue weighted by atomic mass is 79.9. The van der Waals surface area contributed by atoms with E-state index in [4.69, 9.17) is 9.47 Å². The van der Waals surface area contributed by atoms with Gasteiger partial charge in [-0.25, -0.2) is 8.42 Å². The van der Waals surface area contributed by atoms with E-state index < -0.39 is 15.9 Å². The summed E-state index contributed by atoms with van der Waals surface area (Å²) in [6, 6.07) is 19.5. The molecule has 0 aliphatic heterocycles. The van der Waals surface area contributed by atoms with Gasteiger partial charge in [0.15, 0.2) is 11.5 Å². The van der Waals surface area contributed by atoms with Crippen molar-refractivity contribution in [1.82, 2.24) is 0 Å². The second-order valence-electron chi connectivity index (χ2n) is 6.33. The second kappa shape index (κ2) is 9.80. The molecule has 0 aromatic heterocycles. The molecule has 0 heterocycles. The molecule has 6 nitrogen and oxygen atoms in total. The SMILES string of the molecule is COc1cc(/C=C/C(=O)N(c2ccccc2)S(=O)(=O)c2ccccc2)cc(Br)c1OC. The molecule has 8 heteroatoms. The van der Waals surface area contributed by atoms with E-state index in [1.165, 1.54) is 38.5 Å². The largest absolute Gasteiger partial charge is 0.493 e. The minimum Gasteiger partial charge on any atom is -0.493 e. The molecule has 160 valence electrons. The maximum Gasteiger partial charge on any atom is 0.271 e. The van der Waals surface area contributed by atoms with Crippen LogP contribution < -0.4 is 13.8 Å². The topological polar surface area (TPSA) is 72.9 Å². The smallest absolute Gasteiger partial charge is 0.271 e. The summed E-state index contributed by atoms with van der Waals surface area (Å²) in [5, 5.41) is 0. The van der Waals surface area contributed by atoms with Crippen LogP contribution in [0.2, 0.25) is 0 Å². The number of hydrogen-bond donors (Lipinski definition) is 0. The molecule has 31 heavy (non-hydrogen) atoms. The molecule has 0 aliphatic carbocycles. The lowest BCUT2D eigenvalue weighted by atomic mass is 10.2. The molecule has 0 saturated heterocycles. The van der Waals surface area contributed by atoms with E-state index in [1.54, 1.807) is 60.7 Å². The van der Waals surface area contributed by atoms with Crippen molar-refractivity contribution in [2.24, 2.45) is 0 Å². The summed E-state index contributed by atoms with van der Waals surface area (Å²) in [6.07, 6.45) is 2.73. The Balaban J connectivity index is 2.02. The van der Waals surface area contributed by atoms with E-state index in [0.717, 1.165) is 4.31 Å². The third-order valence-corrected chi connectivity index (χ3v) is 6.67. The third kappa shape index (κ3) is 4.98. The summed E-state index contributed by atoms with van der Waals surface area (Å²) in [7, 11) is -1.08. The summed E-state index contributed by atoms with van der Waals surface area (Å²) in [6.45, 7) is 0. The van der Waals surface area contributed by atoms with Crippen LogP contribution in [0, 0.1) is 0 Å². The number of amides is 1. The fraction of sp³-hybridized carbons (Fsp3) is 0.0870. The molecule has 0 fully saturated rings. The molecule has 3 rings (SSSR count). The molecule has 0 radical (unpaired) electrons. The number of carbonyl (C=O) groups is 1. The van der Waals surface area contributed by atoms with Gasteiger partial charge >= 0.3 is 0 Å². The summed E-state index contributed by atoms with van der Waals surface area (Å²) < 4.78 is 38.5. The van der Waals surface area contributed by atoms with Gasteiger partial charge in [-0.15, -0.1) is 0 Å². The van der Waals surface area contributed by atoms with Crippen LogP contribution in [0.3, 0.4) is 0 Å². The molecule has 0 aliphatic rings. The van der Waals surface area contributed by atoms with Gasteiger partial charge in [0.2, 0.25) is 0 Å². The number of benzene rings is 3. The van der Waals surface area contributed by atoms with Crippen molar-refractivity contribution in [3.05, 3.63) is 88.9 Å². The Hall–Kier alpha value is -3.10. The van der Waals surface area contributed by atoms with Crippen molar-refractivity contribution < 1.29 is 22.7 Å². The highest BCUT2D eigenvalue weighted by Crippen LogP contribution is 2.36. The van der Waals surface area contributed by atoms with Crippen molar-refractivity contribution in [2.45, 2.75) is 4.90 Å². The lowest BCUT2D eigenvalue weighted by Gasteiger charge is -2.21. The Kier molecular flexibility index (Phi) is 7.14. The Labute approximate surface area is 189 Å². The first-order valence-electron chi connectivity index (χ1n) is 9.17. The second-order valence-corrected chi connectivity index (χ2v) is 8.97. The zero-order valence-corrected chi connectivity index (χ0v) is 19.3. The Bertz CT molecular complexity index is 1200. The van der Waals surface area contributed by atoms with Crippen LogP contribution in [0.25, 0.3) is 6.08 Å². The predicted octanol–water partition coefficient (Wildman–Crippen LogP) is 4.90. The van der Waals surface area contributed by atoms with Crippen LogP contribution in [-0.2, 0) is 14.8 Å². The number of carbonyl (C=O) groups excluding carboxylic acids is 1. The van der Waals surface area contributed by atoms with Crippen LogP contribution in [0.15, 0.2) is 88.2 Å². The van der Waals surface area contributed by atoms with Crippen LogP contribution >= 0.6 is 15.9 Å². The monoisotopic (exact) mass is 501 g/mol. The highest BCUT2D eigenvalue weighted by molar-refractivity contribution is 9.10. The molecule has 3 aromatic rings. The van der Waals surface area contributed by atoms with E-state index in [9.17, 15) is 13.2 Å². The number of rotatable bonds is 7. The number of anilines is 1. The van der Waals surface area contributed by atoms with E-state index >= 15 is 0 Å². The number of hydrogen-bond acceptors (Lipinski definition) is 5. The number of nitrogens with zero attached hydrogens (tertiary/aromatic N) is 1. The minimum atomic E-state index is -4.11. The van der Waals surface area contributed by atoms with Gasteiger partial charge < -0.3 is 9.47 Å². The van der Waals surface area contributed by atoms with Crippen molar-refractivity contribution in [3.63, 3.8) is 0 Å². The lowest BCUT2D eigenvalue weighted by molar-refractivity contribution is -0.113. The molecule has 0 spiro atoms. The van der Waals surface area contributed by atoms with Crippen molar-refractivity contribution in [1.29, 1.82) is 0 Å². The Morgan fingerprint density at radius 2 is 1.55 bits per heavy atom. The fourth-order valence-electron chi connectivity index (χ4n) is 2.92. The van der Waals surface area contributed by atoms with Gasteiger partial charge in [0.1, 0.15) is 0 Å². The van der Waals surface area contributed by atoms with E-state index in [2.05, 4.69) is 15.9 Å². The van der Waals surface area contributed by atoms with E-state index in [-0.39, 0.29) is 10.6 Å². The van der Waals surface area contributed by atoms with Gasteiger partial charge in [0, 0.05) is 6.08 Å². The highest BCUT2D eigenvalue weighted by Gasteiger charge is 2.29. The maximum atomic E-state index is 13.3. The molecule has 0 unspecified atom stereocenters. The quantitative estimate of drug-likeness (QED) is 0.430. The summed E-state index contributed by atoms with van der Waals surface area (Å²) in [5.74, 6) is 0.283. The van der Waals surface area contributed by atoms with E-state index in [1.807, 2.05) is 0 Å². The van der Waals surface area contributed by atoms with Gasteiger partial charge in [0.05, 0.1) is 29.3 Å². The van der Waals surface area contributed by atoms with Gasteiger partial charge in [-0.05, 0) is 64.0 Å².